The van der Waals surface area contributed by atoms with E-state index in [1.54, 1.807) is 37.3 Å². The fourth-order valence-corrected chi connectivity index (χ4v) is 4.37. The topological polar surface area (TPSA) is 99.2 Å². The SMILES string of the molecule is COc1c(C(=O)Nc2cnoc2)nc(C(C)C(c2ccccc2)c2ccccc2C(F)(F)F)n(C)c1=O. The summed E-state index contributed by atoms with van der Waals surface area (Å²) in [5.41, 5.74) is -0.929. The molecule has 0 radical (unpaired) electrons. The third-order valence-electron chi connectivity index (χ3n) is 6.06. The second kappa shape index (κ2) is 10.3. The summed E-state index contributed by atoms with van der Waals surface area (Å²) in [6, 6.07) is 13.9. The van der Waals surface area contributed by atoms with E-state index < -0.39 is 35.0 Å². The zero-order valence-corrected chi connectivity index (χ0v) is 20.1. The molecule has 2 heterocycles. The van der Waals surface area contributed by atoms with Crippen molar-refractivity contribution in [3.8, 4) is 5.75 Å². The second-order valence-electron chi connectivity index (χ2n) is 8.35. The van der Waals surface area contributed by atoms with Gasteiger partial charge in [0.15, 0.2) is 5.69 Å². The zero-order chi connectivity index (χ0) is 26.7. The molecule has 192 valence electrons. The van der Waals surface area contributed by atoms with Crippen molar-refractivity contribution >= 4 is 11.6 Å². The van der Waals surface area contributed by atoms with Crippen LogP contribution >= 0.6 is 0 Å². The van der Waals surface area contributed by atoms with Gasteiger partial charge in [-0.1, -0.05) is 60.6 Å². The summed E-state index contributed by atoms with van der Waals surface area (Å²) in [5, 5.41) is 6.02. The van der Waals surface area contributed by atoms with Gasteiger partial charge in [-0.3, -0.25) is 14.2 Å². The normalized spacial score (nSPS) is 13.1. The minimum Gasteiger partial charge on any atom is -0.489 e. The first kappa shape index (κ1) is 25.7. The number of nitrogens with one attached hydrogen (secondary N) is 1. The molecule has 0 aliphatic carbocycles. The van der Waals surface area contributed by atoms with Gasteiger partial charge in [0, 0.05) is 18.9 Å². The van der Waals surface area contributed by atoms with Crippen LogP contribution in [0.25, 0.3) is 0 Å². The number of amides is 1. The van der Waals surface area contributed by atoms with Crippen molar-refractivity contribution in [2.45, 2.75) is 24.9 Å². The number of nitrogens with zero attached hydrogens (tertiary/aromatic N) is 3. The molecule has 0 fully saturated rings. The third-order valence-corrected chi connectivity index (χ3v) is 6.06. The molecule has 11 heteroatoms. The van der Waals surface area contributed by atoms with Gasteiger partial charge in [-0.25, -0.2) is 4.98 Å². The lowest BCUT2D eigenvalue weighted by Crippen LogP contribution is -2.31. The van der Waals surface area contributed by atoms with Gasteiger partial charge in [0.1, 0.15) is 17.8 Å². The maximum atomic E-state index is 14.0. The number of benzene rings is 2. The van der Waals surface area contributed by atoms with Crippen LogP contribution in [0.2, 0.25) is 0 Å². The lowest BCUT2D eigenvalue weighted by Gasteiger charge is -2.28. The van der Waals surface area contributed by atoms with Gasteiger partial charge in [-0.05, 0) is 17.2 Å². The first-order valence-electron chi connectivity index (χ1n) is 11.2. The van der Waals surface area contributed by atoms with Crippen LogP contribution in [0.5, 0.6) is 5.75 Å². The van der Waals surface area contributed by atoms with E-state index in [9.17, 15) is 22.8 Å². The number of anilines is 1. The van der Waals surface area contributed by atoms with Crippen molar-refractivity contribution in [1.82, 2.24) is 14.7 Å². The number of carbonyl (C=O) groups is 1. The van der Waals surface area contributed by atoms with Crippen LogP contribution in [0.3, 0.4) is 0 Å². The Morgan fingerprint density at radius 1 is 1.11 bits per heavy atom. The molecule has 0 spiro atoms. The molecule has 2 atom stereocenters. The molecule has 2 unspecified atom stereocenters. The molecule has 0 aliphatic rings. The van der Waals surface area contributed by atoms with Gasteiger partial charge in [0.05, 0.1) is 18.9 Å². The van der Waals surface area contributed by atoms with Crippen LogP contribution in [0.1, 0.15) is 51.8 Å². The van der Waals surface area contributed by atoms with E-state index in [0.717, 1.165) is 6.07 Å². The van der Waals surface area contributed by atoms with Gasteiger partial charge in [0.25, 0.3) is 11.5 Å². The molecule has 37 heavy (non-hydrogen) atoms. The Kier molecular flexibility index (Phi) is 7.14. The van der Waals surface area contributed by atoms with E-state index in [4.69, 9.17) is 9.26 Å². The van der Waals surface area contributed by atoms with E-state index in [0.29, 0.717) is 5.56 Å². The Balaban J connectivity index is 1.90. The van der Waals surface area contributed by atoms with Crippen LogP contribution in [0.4, 0.5) is 18.9 Å². The van der Waals surface area contributed by atoms with Gasteiger partial charge in [-0.15, -0.1) is 0 Å². The number of aromatic nitrogens is 3. The maximum absolute atomic E-state index is 14.0. The number of ether oxygens (including phenoxy) is 1. The minimum absolute atomic E-state index is 0.0224. The highest BCUT2D eigenvalue weighted by molar-refractivity contribution is 6.04. The predicted octanol–water partition coefficient (Wildman–Crippen LogP) is 4.98. The molecular formula is C26H23F3N4O4. The number of hydrogen-bond acceptors (Lipinski definition) is 6. The first-order chi connectivity index (χ1) is 17.6. The molecular weight excluding hydrogens is 489 g/mol. The third kappa shape index (κ3) is 5.11. The highest BCUT2D eigenvalue weighted by Crippen LogP contribution is 2.43. The molecule has 0 bridgehead atoms. The summed E-state index contributed by atoms with van der Waals surface area (Å²) in [4.78, 5) is 30.6. The first-order valence-corrected chi connectivity index (χ1v) is 11.2. The van der Waals surface area contributed by atoms with Crippen LogP contribution in [0.15, 0.2) is 76.4 Å². The molecule has 0 saturated heterocycles. The average Bonchev–Trinajstić information content (AvgIpc) is 3.39. The molecule has 2 aromatic carbocycles. The summed E-state index contributed by atoms with van der Waals surface area (Å²) in [7, 11) is 2.66. The number of methoxy groups -OCH3 is 1. The molecule has 4 rings (SSSR count). The quantitative estimate of drug-likeness (QED) is 0.375. The lowest BCUT2D eigenvalue weighted by molar-refractivity contribution is -0.138. The molecule has 2 aromatic heterocycles. The van der Waals surface area contributed by atoms with Crippen molar-refractivity contribution in [3.63, 3.8) is 0 Å². The van der Waals surface area contributed by atoms with Gasteiger partial charge in [0.2, 0.25) is 5.75 Å². The highest BCUT2D eigenvalue weighted by Gasteiger charge is 2.38. The second-order valence-corrected chi connectivity index (χ2v) is 8.35. The molecule has 0 saturated carbocycles. The Hall–Kier alpha value is -4.41. The van der Waals surface area contributed by atoms with Gasteiger partial charge >= 0.3 is 6.18 Å². The van der Waals surface area contributed by atoms with Crippen molar-refractivity contribution < 1.29 is 27.2 Å². The molecule has 8 nitrogen and oxygen atoms in total. The maximum Gasteiger partial charge on any atom is 0.416 e. The van der Waals surface area contributed by atoms with Crippen molar-refractivity contribution in [3.05, 3.63) is 106 Å². The van der Waals surface area contributed by atoms with Crippen LogP contribution in [0, 0.1) is 0 Å². The molecule has 4 aromatic rings. The Bertz CT molecular complexity index is 1450. The Labute approximate surface area is 209 Å². The van der Waals surface area contributed by atoms with E-state index in [2.05, 4.69) is 15.5 Å². The number of rotatable bonds is 7. The fourth-order valence-electron chi connectivity index (χ4n) is 4.37. The van der Waals surface area contributed by atoms with E-state index in [1.807, 2.05) is 0 Å². The smallest absolute Gasteiger partial charge is 0.416 e. The summed E-state index contributed by atoms with van der Waals surface area (Å²) >= 11 is 0. The van der Waals surface area contributed by atoms with Crippen LogP contribution < -0.4 is 15.6 Å². The Morgan fingerprint density at radius 3 is 2.41 bits per heavy atom. The number of hydrogen-bond donors (Lipinski definition) is 1. The fraction of sp³-hybridized carbons (Fsp3) is 0.231. The van der Waals surface area contributed by atoms with Gasteiger partial charge < -0.3 is 14.6 Å². The standard InChI is InChI=1S/C26H23F3N4O4/c1-15(20(16-9-5-4-6-10-16)18-11-7-8-12-19(18)26(27,28)29)23-32-21(22(36-3)25(35)33(23)2)24(34)31-17-13-30-37-14-17/h4-15,20H,1-3H3,(H,31,34). The van der Waals surface area contributed by atoms with E-state index >= 15 is 0 Å². The van der Waals surface area contributed by atoms with E-state index in [-0.39, 0.29) is 28.5 Å². The van der Waals surface area contributed by atoms with Crippen molar-refractivity contribution in [2.75, 3.05) is 12.4 Å². The van der Waals surface area contributed by atoms with E-state index in [1.165, 1.54) is 49.4 Å². The van der Waals surface area contributed by atoms with Crippen molar-refractivity contribution in [1.29, 1.82) is 0 Å². The summed E-state index contributed by atoms with van der Waals surface area (Å²) in [6.07, 6.45) is -2.16. The number of halogens is 3. The molecule has 1 N–H and O–H groups in total. The number of alkyl halides is 3. The monoisotopic (exact) mass is 512 g/mol. The largest absolute Gasteiger partial charge is 0.489 e. The lowest BCUT2D eigenvalue weighted by atomic mass is 9.79. The van der Waals surface area contributed by atoms with Crippen molar-refractivity contribution in [2.24, 2.45) is 7.05 Å². The Morgan fingerprint density at radius 2 is 1.78 bits per heavy atom. The number of carbonyl (C=O) groups excluding carboxylic acids is 1. The summed E-state index contributed by atoms with van der Waals surface area (Å²) in [5.74, 6) is -2.58. The minimum atomic E-state index is -4.60. The van der Waals surface area contributed by atoms with Crippen LogP contribution in [-0.2, 0) is 13.2 Å². The predicted molar refractivity (Wildman–Crippen MR) is 129 cm³/mol. The molecule has 0 aliphatic heterocycles. The van der Waals surface area contributed by atoms with Crippen LogP contribution in [-0.4, -0.2) is 27.7 Å². The highest BCUT2D eigenvalue weighted by atomic mass is 19.4. The zero-order valence-electron chi connectivity index (χ0n) is 20.1. The summed E-state index contributed by atoms with van der Waals surface area (Å²) in [6.45, 7) is 1.67. The van der Waals surface area contributed by atoms with Gasteiger partial charge in [-0.2, -0.15) is 13.2 Å². The average molecular weight is 512 g/mol. The summed E-state index contributed by atoms with van der Waals surface area (Å²) < 4.78 is 53.2. The molecule has 1 amide bonds.